The number of ether oxygens (including phenoxy) is 1. The van der Waals surface area contributed by atoms with Gasteiger partial charge in [0.2, 0.25) is 10.0 Å². The molecule has 1 aromatic carbocycles. The number of hydrogen-bond donors (Lipinski definition) is 1. The molecule has 6 heteroatoms. The Morgan fingerprint density at radius 3 is 2.55 bits per heavy atom. The summed E-state index contributed by atoms with van der Waals surface area (Å²) >= 11 is 0. The number of rotatable bonds is 8. The Morgan fingerprint density at radius 2 is 1.95 bits per heavy atom. The van der Waals surface area contributed by atoms with Crippen molar-refractivity contribution in [1.82, 2.24) is 4.72 Å². The quantitative estimate of drug-likeness (QED) is 0.449. The minimum absolute atomic E-state index is 0.0562. The van der Waals surface area contributed by atoms with Gasteiger partial charge in [-0.25, -0.2) is 17.9 Å². The summed E-state index contributed by atoms with van der Waals surface area (Å²) in [5, 5.41) is 0. The fraction of sp³-hybridized carbons (Fsp3) is 0.357. The summed E-state index contributed by atoms with van der Waals surface area (Å²) < 4.78 is 30.9. The molecule has 0 aliphatic heterocycles. The summed E-state index contributed by atoms with van der Waals surface area (Å²) in [6.45, 7) is 5.42. The van der Waals surface area contributed by atoms with Crippen LogP contribution in [0.1, 0.15) is 18.9 Å². The van der Waals surface area contributed by atoms with Crippen LogP contribution in [0, 0.1) is 0 Å². The van der Waals surface area contributed by atoms with E-state index in [1.807, 2.05) is 6.07 Å². The second-order valence-corrected chi connectivity index (χ2v) is 6.22. The Morgan fingerprint density at radius 1 is 1.30 bits per heavy atom. The van der Waals surface area contributed by atoms with Crippen molar-refractivity contribution >= 4 is 16.0 Å². The molecule has 1 rings (SSSR count). The second kappa shape index (κ2) is 7.81. The van der Waals surface area contributed by atoms with E-state index in [0.29, 0.717) is 12.0 Å². The molecule has 5 nitrogen and oxygen atoms in total. The third kappa shape index (κ3) is 6.49. The van der Waals surface area contributed by atoms with E-state index in [-0.39, 0.29) is 18.9 Å². The van der Waals surface area contributed by atoms with E-state index in [0.717, 1.165) is 5.56 Å². The third-order valence-electron chi connectivity index (χ3n) is 2.42. The maximum absolute atomic E-state index is 11.8. The van der Waals surface area contributed by atoms with Crippen molar-refractivity contribution in [3.8, 4) is 0 Å². The number of hydrogen-bond acceptors (Lipinski definition) is 4. The summed E-state index contributed by atoms with van der Waals surface area (Å²) in [5.74, 6) is -0.517. The van der Waals surface area contributed by atoms with Gasteiger partial charge in [0.15, 0.2) is 0 Å². The molecule has 0 saturated heterocycles. The maximum Gasteiger partial charge on any atom is 0.333 e. The monoisotopic (exact) mass is 297 g/mol. The first-order valence-electron chi connectivity index (χ1n) is 6.24. The number of nitrogens with one attached hydrogen (secondary N) is 1. The van der Waals surface area contributed by atoms with Crippen LogP contribution in [0.15, 0.2) is 42.5 Å². The zero-order valence-corrected chi connectivity index (χ0v) is 12.3. The van der Waals surface area contributed by atoms with Crippen LogP contribution in [-0.4, -0.2) is 27.5 Å². The molecule has 0 fully saturated rings. The van der Waals surface area contributed by atoms with Crippen LogP contribution < -0.4 is 4.72 Å². The zero-order valence-electron chi connectivity index (χ0n) is 11.5. The molecule has 0 amide bonds. The second-order valence-electron chi connectivity index (χ2n) is 4.41. The first-order chi connectivity index (χ1) is 9.41. The third-order valence-corrected chi connectivity index (χ3v) is 3.78. The highest BCUT2D eigenvalue weighted by atomic mass is 32.2. The molecule has 0 spiro atoms. The van der Waals surface area contributed by atoms with Crippen molar-refractivity contribution in [3.05, 3.63) is 48.0 Å². The number of carbonyl (C=O) groups excluding carboxylic acids is 1. The maximum atomic E-state index is 11.8. The largest absolute Gasteiger partial charge is 0.462 e. The van der Waals surface area contributed by atoms with Crippen molar-refractivity contribution in [2.45, 2.75) is 19.1 Å². The van der Waals surface area contributed by atoms with E-state index in [4.69, 9.17) is 4.74 Å². The normalized spacial score (nSPS) is 11.1. The topological polar surface area (TPSA) is 72.5 Å². The molecule has 0 unspecified atom stereocenters. The lowest BCUT2D eigenvalue weighted by Crippen LogP contribution is -2.27. The fourth-order valence-corrected chi connectivity index (χ4v) is 2.62. The van der Waals surface area contributed by atoms with Crippen molar-refractivity contribution < 1.29 is 17.9 Å². The molecular weight excluding hydrogens is 278 g/mol. The summed E-state index contributed by atoms with van der Waals surface area (Å²) in [6, 6.07) is 8.94. The molecule has 0 aliphatic carbocycles. The SMILES string of the molecule is C=C(C)C(=O)OCCCNS(=O)(=O)Cc1ccccc1. The molecule has 0 aromatic heterocycles. The summed E-state index contributed by atoms with van der Waals surface area (Å²) in [5.41, 5.74) is 1.06. The van der Waals surface area contributed by atoms with Gasteiger partial charge in [-0.3, -0.25) is 0 Å². The van der Waals surface area contributed by atoms with E-state index in [9.17, 15) is 13.2 Å². The van der Waals surface area contributed by atoms with Crippen molar-refractivity contribution in [2.24, 2.45) is 0 Å². The average molecular weight is 297 g/mol. The molecule has 1 N–H and O–H groups in total. The minimum Gasteiger partial charge on any atom is -0.462 e. The van der Waals surface area contributed by atoms with Gasteiger partial charge in [-0.2, -0.15) is 0 Å². The molecule has 110 valence electrons. The van der Waals surface area contributed by atoms with Crippen LogP contribution in [0.2, 0.25) is 0 Å². The summed E-state index contributed by atoms with van der Waals surface area (Å²) in [7, 11) is -3.36. The first-order valence-corrected chi connectivity index (χ1v) is 7.90. The Hall–Kier alpha value is -1.66. The van der Waals surface area contributed by atoms with Crippen LogP contribution in [0.25, 0.3) is 0 Å². The van der Waals surface area contributed by atoms with Gasteiger partial charge < -0.3 is 4.74 Å². The van der Waals surface area contributed by atoms with E-state index in [2.05, 4.69) is 11.3 Å². The molecule has 0 heterocycles. The highest BCUT2D eigenvalue weighted by molar-refractivity contribution is 7.88. The van der Waals surface area contributed by atoms with Gasteiger partial charge in [-0.05, 0) is 18.9 Å². The standard InChI is InChI=1S/C14H19NO4S/c1-12(2)14(16)19-10-6-9-15-20(17,18)11-13-7-4-3-5-8-13/h3-5,7-8,15H,1,6,9-11H2,2H3. The zero-order chi connectivity index (χ0) is 15.0. The average Bonchev–Trinajstić information content (AvgIpc) is 2.38. The van der Waals surface area contributed by atoms with Crippen LogP contribution in [0.3, 0.4) is 0 Å². The van der Waals surface area contributed by atoms with Gasteiger partial charge in [0.25, 0.3) is 0 Å². The molecule has 0 bridgehead atoms. The van der Waals surface area contributed by atoms with Crippen LogP contribution in [0.5, 0.6) is 0 Å². The first kappa shape index (κ1) is 16.4. The number of sulfonamides is 1. The van der Waals surface area contributed by atoms with E-state index >= 15 is 0 Å². The number of esters is 1. The lowest BCUT2D eigenvalue weighted by molar-refractivity contribution is -0.138. The van der Waals surface area contributed by atoms with Crippen LogP contribution in [-0.2, 0) is 25.3 Å². The van der Waals surface area contributed by atoms with Gasteiger partial charge in [0.05, 0.1) is 12.4 Å². The Balaban J connectivity index is 2.27. The summed E-state index contributed by atoms with van der Waals surface area (Å²) in [4.78, 5) is 11.1. The van der Waals surface area contributed by atoms with E-state index < -0.39 is 16.0 Å². The van der Waals surface area contributed by atoms with E-state index in [1.165, 1.54) is 0 Å². The van der Waals surface area contributed by atoms with Crippen molar-refractivity contribution in [1.29, 1.82) is 0 Å². The Labute approximate surface area is 119 Å². The van der Waals surface area contributed by atoms with Crippen molar-refractivity contribution in [2.75, 3.05) is 13.2 Å². The lowest BCUT2D eigenvalue weighted by atomic mass is 10.2. The molecule has 0 atom stereocenters. The Bertz CT molecular complexity index is 552. The van der Waals surface area contributed by atoms with Gasteiger partial charge >= 0.3 is 5.97 Å². The predicted molar refractivity (Wildman–Crippen MR) is 77.5 cm³/mol. The number of benzene rings is 1. The van der Waals surface area contributed by atoms with Gasteiger partial charge in [-0.15, -0.1) is 0 Å². The van der Waals surface area contributed by atoms with Crippen molar-refractivity contribution in [3.63, 3.8) is 0 Å². The minimum atomic E-state index is -3.36. The van der Waals surface area contributed by atoms with Crippen LogP contribution in [0.4, 0.5) is 0 Å². The van der Waals surface area contributed by atoms with E-state index in [1.54, 1.807) is 31.2 Å². The lowest BCUT2D eigenvalue weighted by Gasteiger charge is -2.07. The highest BCUT2D eigenvalue weighted by Gasteiger charge is 2.10. The molecule has 0 aliphatic rings. The predicted octanol–water partition coefficient (Wildman–Crippen LogP) is 1.62. The molecule has 0 saturated carbocycles. The Kier molecular flexibility index (Phi) is 6.41. The molecule has 0 radical (unpaired) electrons. The molecule has 20 heavy (non-hydrogen) atoms. The summed E-state index contributed by atoms with van der Waals surface area (Å²) in [6.07, 6.45) is 0.424. The van der Waals surface area contributed by atoms with Crippen LogP contribution >= 0.6 is 0 Å². The highest BCUT2D eigenvalue weighted by Crippen LogP contribution is 2.03. The molecular formula is C14H19NO4S. The number of carbonyl (C=O) groups is 1. The van der Waals surface area contributed by atoms with Gasteiger partial charge in [0, 0.05) is 12.1 Å². The van der Waals surface area contributed by atoms with Gasteiger partial charge in [0.1, 0.15) is 0 Å². The smallest absolute Gasteiger partial charge is 0.333 e. The van der Waals surface area contributed by atoms with Gasteiger partial charge in [-0.1, -0.05) is 36.9 Å². The fourth-order valence-electron chi connectivity index (χ4n) is 1.43. The molecule has 1 aromatic rings.